The van der Waals surface area contributed by atoms with Gasteiger partial charge in [0.2, 0.25) is 0 Å². The van der Waals surface area contributed by atoms with Crippen LogP contribution in [0.5, 0.6) is 0 Å². The smallest absolute Gasteiger partial charge is 0.177 e. The van der Waals surface area contributed by atoms with E-state index in [-0.39, 0.29) is 11.0 Å². The van der Waals surface area contributed by atoms with E-state index in [0.29, 0.717) is 32.6 Å². The summed E-state index contributed by atoms with van der Waals surface area (Å²) in [6.45, 7) is 5.47. The van der Waals surface area contributed by atoms with E-state index in [1.807, 2.05) is 0 Å². The van der Waals surface area contributed by atoms with Gasteiger partial charge in [0.15, 0.2) is 5.78 Å². The fourth-order valence-electron chi connectivity index (χ4n) is 1.83. The molecule has 19 heavy (non-hydrogen) atoms. The van der Waals surface area contributed by atoms with Gasteiger partial charge >= 0.3 is 0 Å². The summed E-state index contributed by atoms with van der Waals surface area (Å²) in [4.78, 5) is 13.0. The second-order valence-electron chi connectivity index (χ2n) is 4.17. The number of thiol groups is 1. The Kier molecular flexibility index (Phi) is 5.26. The highest BCUT2D eigenvalue weighted by Crippen LogP contribution is 2.35. The summed E-state index contributed by atoms with van der Waals surface area (Å²) in [5, 5.41) is 3.79. The van der Waals surface area contributed by atoms with Gasteiger partial charge in [0, 0.05) is 34.9 Å². The maximum absolute atomic E-state index is 12.4. The normalized spacial score (nSPS) is 19.2. The Balaban J connectivity index is 2.24. The van der Waals surface area contributed by atoms with Crippen LogP contribution in [-0.4, -0.2) is 29.9 Å². The third-order valence-corrected chi connectivity index (χ3v) is 5.51. The Morgan fingerprint density at radius 1 is 1.42 bits per heavy atom. The van der Waals surface area contributed by atoms with Gasteiger partial charge in [-0.15, -0.1) is 24.4 Å². The largest absolute Gasteiger partial charge is 0.314 e. The highest BCUT2D eigenvalue weighted by Gasteiger charge is 2.25. The minimum absolute atomic E-state index is 0.00193. The summed E-state index contributed by atoms with van der Waals surface area (Å²) in [5.41, 5.74) is 0.988. The Labute approximate surface area is 132 Å². The van der Waals surface area contributed by atoms with Crippen LogP contribution in [0.15, 0.2) is 23.6 Å². The molecule has 6 heteroatoms. The average molecular weight is 334 g/mol. The SMILES string of the molecule is C=C(C(=O)C1CNCCS1)c1ccc(S)c(Cl)c1Cl. The molecule has 1 aliphatic heterocycles. The van der Waals surface area contributed by atoms with E-state index in [9.17, 15) is 4.79 Å². The summed E-state index contributed by atoms with van der Waals surface area (Å²) < 4.78 is 0. The minimum Gasteiger partial charge on any atom is -0.314 e. The lowest BCUT2D eigenvalue weighted by Gasteiger charge is -2.22. The van der Waals surface area contributed by atoms with E-state index in [0.717, 1.165) is 12.3 Å². The molecular weight excluding hydrogens is 321 g/mol. The van der Waals surface area contributed by atoms with Crippen molar-refractivity contribution in [3.63, 3.8) is 0 Å². The molecule has 2 nitrogen and oxygen atoms in total. The van der Waals surface area contributed by atoms with E-state index >= 15 is 0 Å². The van der Waals surface area contributed by atoms with Crippen LogP contribution in [0.25, 0.3) is 5.57 Å². The first-order valence-electron chi connectivity index (χ1n) is 5.75. The molecule has 0 spiro atoms. The number of carbonyl (C=O) groups excluding carboxylic acids is 1. The van der Waals surface area contributed by atoms with Crippen LogP contribution >= 0.6 is 47.6 Å². The molecule has 0 aromatic heterocycles. The second kappa shape index (κ2) is 6.55. The maximum Gasteiger partial charge on any atom is 0.177 e. The standard InChI is InChI=1S/C13H13Cl2NOS2/c1-7(13(17)10-6-16-4-5-19-10)8-2-3-9(18)12(15)11(8)14/h2-3,10,16,18H,1,4-6H2. The molecule has 0 aliphatic carbocycles. The lowest BCUT2D eigenvalue weighted by atomic mass is 10.0. The van der Waals surface area contributed by atoms with Crippen molar-refractivity contribution >= 4 is 58.9 Å². The monoisotopic (exact) mass is 333 g/mol. The molecule has 1 aliphatic rings. The molecule has 1 unspecified atom stereocenters. The van der Waals surface area contributed by atoms with Crippen LogP contribution in [0.1, 0.15) is 5.56 Å². The van der Waals surface area contributed by atoms with Crippen molar-refractivity contribution in [2.24, 2.45) is 0 Å². The Hall–Kier alpha value is -0.130. The summed E-state index contributed by atoms with van der Waals surface area (Å²) in [7, 11) is 0. The zero-order valence-electron chi connectivity index (χ0n) is 10.1. The van der Waals surface area contributed by atoms with Crippen LogP contribution in [-0.2, 0) is 4.79 Å². The molecule has 1 saturated heterocycles. The number of hydrogen-bond acceptors (Lipinski definition) is 4. The number of nitrogens with one attached hydrogen (secondary N) is 1. The second-order valence-corrected chi connectivity index (χ2v) is 6.71. The summed E-state index contributed by atoms with van der Waals surface area (Å²) in [6, 6.07) is 3.45. The predicted octanol–water partition coefficient (Wildman–Crippen LogP) is 3.57. The van der Waals surface area contributed by atoms with E-state index in [4.69, 9.17) is 23.2 Å². The molecular formula is C13H13Cl2NOS2. The summed E-state index contributed by atoms with van der Waals surface area (Å²) in [5.74, 6) is 0.926. The fourth-order valence-corrected chi connectivity index (χ4v) is 3.61. The van der Waals surface area contributed by atoms with Crippen molar-refractivity contribution in [2.45, 2.75) is 10.1 Å². The van der Waals surface area contributed by atoms with Crippen molar-refractivity contribution in [2.75, 3.05) is 18.8 Å². The number of thioether (sulfide) groups is 1. The van der Waals surface area contributed by atoms with Crippen molar-refractivity contribution in [3.05, 3.63) is 34.3 Å². The highest BCUT2D eigenvalue weighted by molar-refractivity contribution is 8.00. The van der Waals surface area contributed by atoms with Gasteiger partial charge in [0.25, 0.3) is 0 Å². The molecule has 0 bridgehead atoms. The first-order chi connectivity index (χ1) is 9.02. The van der Waals surface area contributed by atoms with E-state index in [2.05, 4.69) is 24.5 Å². The van der Waals surface area contributed by atoms with Crippen molar-refractivity contribution < 1.29 is 4.79 Å². The van der Waals surface area contributed by atoms with Gasteiger partial charge < -0.3 is 5.32 Å². The Morgan fingerprint density at radius 3 is 2.79 bits per heavy atom. The van der Waals surface area contributed by atoms with Crippen LogP contribution in [0.3, 0.4) is 0 Å². The number of Topliss-reactive ketones (excluding diaryl/α,β-unsaturated/α-hetero) is 1. The predicted molar refractivity (Wildman–Crippen MR) is 86.9 cm³/mol. The molecule has 1 N–H and O–H groups in total. The number of allylic oxidation sites excluding steroid dienone is 1. The molecule has 1 heterocycles. The van der Waals surface area contributed by atoms with Gasteiger partial charge in [-0.2, -0.15) is 0 Å². The molecule has 0 radical (unpaired) electrons. The lowest BCUT2D eigenvalue weighted by molar-refractivity contribution is -0.113. The average Bonchev–Trinajstić information content (AvgIpc) is 2.44. The number of hydrogen-bond donors (Lipinski definition) is 2. The van der Waals surface area contributed by atoms with Gasteiger partial charge in [0.05, 0.1) is 15.3 Å². The van der Waals surface area contributed by atoms with Crippen LogP contribution < -0.4 is 5.32 Å². The van der Waals surface area contributed by atoms with Crippen LogP contribution in [0.2, 0.25) is 10.0 Å². The maximum atomic E-state index is 12.4. The molecule has 1 fully saturated rings. The topological polar surface area (TPSA) is 29.1 Å². The van der Waals surface area contributed by atoms with Crippen molar-refractivity contribution in [1.29, 1.82) is 0 Å². The third-order valence-electron chi connectivity index (χ3n) is 2.90. The Morgan fingerprint density at radius 2 is 2.16 bits per heavy atom. The van der Waals surface area contributed by atoms with Crippen molar-refractivity contribution in [3.8, 4) is 0 Å². The van der Waals surface area contributed by atoms with Gasteiger partial charge in [-0.3, -0.25) is 4.79 Å². The number of carbonyl (C=O) groups is 1. The first-order valence-corrected chi connectivity index (χ1v) is 8.00. The quantitative estimate of drug-likeness (QED) is 0.654. The van der Waals surface area contributed by atoms with Gasteiger partial charge in [-0.05, 0) is 6.07 Å². The third kappa shape index (κ3) is 3.31. The molecule has 0 saturated carbocycles. The molecule has 1 aromatic carbocycles. The number of halogens is 2. The number of ketones is 1. The summed E-state index contributed by atoms with van der Waals surface area (Å²) in [6.07, 6.45) is 0. The molecule has 1 atom stereocenters. The zero-order chi connectivity index (χ0) is 14.0. The van der Waals surface area contributed by atoms with E-state index < -0.39 is 0 Å². The molecule has 0 amide bonds. The highest BCUT2D eigenvalue weighted by atomic mass is 35.5. The Bertz CT molecular complexity index is 528. The van der Waals surface area contributed by atoms with Crippen LogP contribution in [0.4, 0.5) is 0 Å². The first kappa shape index (κ1) is 15.3. The number of benzene rings is 1. The molecule has 2 rings (SSSR count). The van der Waals surface area contributed by atoms with Gasteiger partial charge in [0.1, 0.15) is 0 Å². The minimum atomic E-state index is -0.105. The fraction of sp³-hybridized carbons (Fsp3) is 0.308. The van der Waals surface area contributed by atoms with E-state index in [1.54, 1.807) is 23.9 Å². The number of rotatable bonds is 3. The molecule has 102 valence electrons. The van der Waals surface area contributed by atoms with Crippen LogP contribution in [0, 0.1) is 0 Å². The molecule has 1 aromatic rings. The zero-order valence-corrected chi connectivity index (χ0v) is 13.3. The van der Waals surface area contributed by atoms with E-state index in [1.165, 1.54) is 0 Å². The van der Waals surface area contributed by atoms with Crippen molar-refractivity contribution in [1.82, 2.24) is 5.32 Å². The van der Waals surface area contributed by atoms with Gasteiger partial charge in [-0.25, -0.2) is 0 Å². The summed E-state index contributed by atoms with van der Waals surface area (Å²) >= 11 is 18.0. The van der Waals surface area contributed by atoms with Gasteiger partial charge in [-0.1, -0.05) is 35.8 Å². The lowest BCUT2D eigenvalue weighted by Crippen LogP contribution is -2.37.